The Morgan fingerprint density at radius 3 is 2.45 bits per heavy atom. The van der Waals surface area contributed by atoms with E-state index in [1.54, 1.807) is 11.1 Å². The standard InChI is InChI=1S/C49H44N2/c1-3-4-14-30-50(38-27-26-36-31-35-17-8-9-20-40(35)45(36)32-38)39-28-29-42-41-21-10-11-23-44(41)49-34(2)16-15-25-48(49)51(37-18-6-5-7-19-37)47-24-13-12-22-43(47)46(42)33-39/h3-7,9-16,18-27,33,38H,1,8,17,28-32H2,2H3/b14-4-. The highest BCUT2D eigenvalue weighted by Crippen LogP contribution is 2.45. The first-order chi connectivity index (χ1) is 25.2. The maximum Gasteiger partial charge on any atom is 0.0543 e. The summed E-state index contributed by atoms with van der Waals surface area (Å²) in [7, 11) is 0. The van der Waals surface area contributed by atoms with Crippen molar-refractivity contribution in [1.29, 1.82) is 0 Å². The van der Waals surface area contributed by atoms with E-state index >= 15 is 0 Å². The number of nitrogens with zero attached hydrogens (tertiary/aromatic N) is 2. The summed E-state index contributed by atoms with van der Waals surface area (Å²) in [5, 5.41) is 5.20. The van der Waals surface area contributed by atoms with Crippen molar-refractivity contribution >= 4 is 38.7 Å². The summed E-state index contributed by atoms with van der Waals surface area (Å²) >= 11 is 0. The first kappa shape index (κ1) is 31.4. The molecule has 2 nitrogen and oxygen atoms in total. The summed E-state index contributed by atoms with van der Waals surface area (Å²) in [5.41, 5.74) is 15.3. The van der Waals surface area contributed by atoms with E-state index in [2.05, 4.69) is 163 Å². The summed E-state index contributed by atoms with van der Waals surface area (Å²) in [6.07, 6.45) is 25.0. The topological polar surface area (TPSA) is 8.17 Å². The Balaban J connectivity index is 1.32. The molecular weight excluding hydrogens is 617 g/mol. The fourth-order valence-corrected chi connectivity index (χ4v) is 9.07. The molecule has 4 aromatic carbocycles. The number of aryl methyl sites for hydroxylation is 2. The Kier molecular flexibility index (Phi) is 8.16. The van der Waals surface area contributed by atoms with Crippen molar-refractivity contribution in [2.24, 2.45) is 0 Å². The maximum absolute atomic E-state index is 3.99. The van der Waals surface area contributed by atoms with Crippen LogP contribution in [-0.2, 0) is 6.42 Å². The molecule has 0 fully saturated rings. The monoisotopic (exact) mass is 660 g/mol. The molecule has 0 saturated heterocycles. The molecule has 9 rings (SSSR count). The maximum atomic E-state index is 3.99. The van der Waals surface area contributed by atoms with Gasteiger partial charge in [0.15, 0.2) is 0 Å². The van der Waals surface area contributed by atoms with Crippen LogP contribution >= 0.6 is 0 Å². The van der Waals surface area contributed by atoms with Crippen LogP contribution in [0.3, 0.4) is 0 Å². The molecule has 250 valence electrons. The lowest BCUT2D eigenvalue weighted by Crippen LogP contribution is -2.35. The molecule has 4 aliphatic carbocycles. The number of fused-ring (bicyclic) bond motifs is 8. The molecule has 0 saturated carbocycles. The van der Waals surface area contributed by atoms with Crippen molar-refractivity contribution in [3.63, 3.8) is 0 Å². The van der Waals surface area contributed by atoms with E-state index in [0.29, 0.717) is 6.04 Å². The van der Waals surface area contributed by atoms with Crippen molar-refractivity contribution < 1.29 is 0 Å². The van der Waals surface area contributed by atoms with Gasteiger partial charge in [0.05, 0.1) is 17.1 Å². The Morgan fingerprint density at radius 2 is 1.59 bits per heavy atom. The van der Waals surface area contributed by atoms with Crippen molar-refractivity contribution in [3.05, 3.63) is 191 Å². The van der Waals surface area contributed by atoms with Crippen LogP contribution in [-0.4, -0.2) is 22.1 Å². The smallest absolute Gasteiger partial charge is 0.0543 e. The molecule has 1 atom stereocenters. The SMILES string of the molecule is C=C/C=C\CN(C1=Cc2c(c3ccccc3c3c(C)cccc3n(-c3ccccc3)c3ccccc23)CC1)C1C=CC2=C(C1)C1=C(CCC=C1)C2. The predicted molar refractivity (Wildman–Crippen MR) is 218 cm³/mol. The quantitative estimate of drug-likeness (QED) is 0.165. The fourth-order valence-electron chi connectivity index (χ4n) is 9.07. The molecule has 1 unspecified atom stereocenters. The van der Waals surface area contributed by atoms with Gasteiger partial charge in [-0.25, -0.2) is 0 Å². The molecule has 0 spiro atoms. The molecular formula is C49H44N2. The molecule has 1 aromatic heterocycles. The first-order valence-electron chi connectivity index (χ1n) is 18.6. The number of aromatic nitrogens is 1. The third-order valence-electron chi connectivity index (χ3n) is 11.4. The van der Waals surface area contributed by atoms with Crippen LogP contribution in [0.5, 0.6) is 0 Å². The highest BCUT2D eigenvalue weighted by molar-refractivity contribution is 6.10. The highest BCUT2D eigenvalue weighted by atomic mass is 15.2. The van der Waals surface area contributed by atoms with Crippen LogP contribution in [0.1, 0.15) is 48.8 Å². The summed E-state index contributed by atoms with van der Waals surface area (Å²) in [4.78, 5) is 2.67. The van der Waals surface area contributed by atoms with Gasteiger partial charge in [-0.1, -0.05) is 127 Å². The number of rotatable bonds is 6. The molecule has 5 aromatic rings. The summed E-state index contributed by atoms with van der Waals surface area (Å²) in [6, 6.07) is 36.1. The van der Waals surface area contributed by atoms with Crippen LogP contribution in [0.2, 0.25) is 0 Å². The molecule has 51 heavy (non-hydrogen) atoms. The second-order valence-corrected chi connectivity index (χ2v) is 14.3. The Bertz CT molecular complexity index is 2470. The van der Waals surface area contributed by atoms with Gasteiger partial charge in [-0.05, 0) is 120 Å². The number of para-hydroxylation sites is 2. The van der Waals surface area contributed by atoms with Gasteiger partial charge in [-0.2, -0.15) is 0 Å². The average Bonchev–Trinajstić information content (AvgIpc) is 3.56. The largest absolute Gasteiger partial charge is 0.364 e. The van der Waals surface area contributed by atoms with Gasteiger partial charge in [0, 0.05) is 28.7 Å². The van der Waals surface area contributed by atoms with Crippen LogP contribution in [0, 0.1) is 6.92 Å². The highest BCUT2D eigenvalue weighted by Gasteiger charge is 2.31. The third-order valence-corrected chi connectivity index (χ3v) is 11.4. The number of hydrogen-bond donors (Lipinski definition) is 0. The van der Waals surface area contributed by atoms with Gasteiger partial charge in [-0.3, -0.25) is 0 Å². The first-order valence-corrected chi connectivity index (χ1v) is 18.6. The molecule has 2 heteroatoms. The zero-order chi connectivity index (χ0) is 34.3. The summed E-state index contributed by atoms with van der Waals surface area (Å²) < 4.78 is 2.48. The van der Waals surface area contributed by atoms with Crippen molar-refractivity contribution in [2.45, 2.75) is 51.5 Å². The van der Waals surface area contributed by atoms with E-state index in [-0.39, 0.29) is 0 Å². The van der Waals surface area contributed by atoms with Gasteiger partial charge in [0.2, 0.25) is 0 Å². The van der Waals surface area contributed by atoms with E-state index in [1.165, 1.54) is 79.0 Å². The molecule has 4 aliphatic rings. The van der Waals surface area contributed by atoms with Crippen molar-refractivity contribution in [1.82, 2.24) is 9.47 Å². The van der Waals surface area contributed by atoms with E-state index in [9.17, 15) is 0 Å². The van der Waals surface area contributed by atoms with Gasteiger partial charge in [0.1, 0.15) is 0 Å². The lowest BCUT2D eigenvalue weighted by atomic mass is 9.87. The Morgan fingerprint density at radius 1 is 0.804 bits per heavy atom. The number of hydrogen-bond acceptors (Lipinski definition) is 1. The van der Waals surface area contributed by atoms with Crippen LogP contribution in [0.25, 0.3) is 44.3 Å². The van der Waals surface area contributed by atoms with E-state index < -0.39 is 0 Å². The zero-order valence-corrected chi connectivity index (χ0v) is 29.5. The third kappa shape index (κ3) is 5.51. The normalized spacial score (nSPS) is 17.9. The van der Waals surface area contributed by atoms with Crippen LogP contribution < -0.4 is 0 Å². The minimum atomic E-state index is 0.292. The molecule has 0 bridgehead atoms. The van der Waals surface area contributed by atoms with Crippen LogP contribution in [0.15, 0.2) is 174 Å². The predicted octanol–water partition coefficient (Wildman–Crippen LogP) is 12.4. The molecule has 0 N–H and O–H groups in total. The zero-order valence-electron chi connectivity index (χ0n) is 29.5. The second kappa shape index (κ2) is 13.3. The van der Waals surface area contributed by atoms with E-state index in [4.69, 9.17) is 0 Å². The minimum absolute atomic E-state index is 0.292. The Hall–Kier alpha value is -5.60. The number of allylic oxidation sites excluding steroid dienone is 9. The van der Waals surface area contributed by atoms with Crippen molar-refractivity contribution in [3.8, 4) is 5.69 Å². The summed E-state index contributed by atoms with van der Waals surface area (Å²) in [6.45, 7) is 7.09. The molecule has 0 amide bonds. The Labute approximate surface area is 301 Å². The lowest BCUT2D eigenvalue weighted by molar-refractivity contribution is 0.308. The van der Waals surface area contributed by atoms with Crippen molar-refractivity contribution in [2.75, 3.05) is 6.54 Å². The van der Waals surface area contributed by atoms with Crippen LogP contribution in [0.4, 0.5) is 0 Å². The lowest BCUT2D eigenvalue weighted by Gasteiger charge is -2.37. The fraction of sp³-hybridized carbons (Fsp3) is 0.184. The minimum Gasteiger partial charge on any atom is -0.364 e. The summed E-state index contributed by atoms with van der Waals surface area (Å²) in [5.74, 6) is 0. The second-order valence-electron chi connectivity index (χ2n) is 14.3. The molecule has 1 heterocycles. The van der Waals surface area contributed by atoms with E-state index in [1.807, 2.05) is 6.08 Å². The van der Waals surface area contributed by atoms with Gasteiger partial charge in [0.25, 0.3) is 0 Å². The molecule has 0 radical (unpaired) electrons. The number of benzene rings is 4. The van der Waals surface area contributed by atoms with Gasteiger partial charge < -0.3 is 9.47 Å². The van der Waals surface area contributed by atoms with Gasteiger partial charge >= 0.3 is 0 Å². The molecule has 0 aliphatic heterocycles. The average molecular weight is 661 g/mol. The van der Waals surface area contributed by atoms with Gasteiger partial charge in [-0.15, -0.1) is 0 Å². The van der Waals surface area contributed by atoms with E-state index in [0.717, 1.165) is 37.9 Å².